The molecule has 0 bridgehead atoms. The lowest BCUT2D eigenvalue weighted by Crippen LogP contribution is -2.48. The summed E-state index contributed by atoms with van der Waals surface area (Å²) in [6.45, 7) is 0.208. The summed E-state index contributed by atoms with van der Waals surface area (Å²) in [5, 5.41) is 12.4. The first kappa shape index (κ1) is 12.4. The Morgan fingerprint density at radius 2 is 2.27 bits per heavy atom. The standard InChI is InChI=1S/C10H20N2O3/c1-15-9-5-3-2-4-7(9)12-6-8(13)10(11)14/h7-9,12-13H,2-6H2,1H3,(H2,11,14). The number of aliphatic hydroxyl groups excluding tert-OH is 1. The highest BCUT2D eigenvalue weighted by Gasteiger charge is 2.25. The molecule has 0 aliphatic heterocycles. The number of methoxy groups -OCH3 is 1. The Labute approximate surface area is 90.0 Å². The molecule has 0 aromatic rings. The Morgan fingerprint density at radius 1 is 1.60 bits per heavy atom. The fourth-order valence-corrected chi connectivity index (χ4v) is 1.98. The molecule has 0 spiro atoms. The maximum atomic E-state index is 10.6. The van der Waals surface area contributed by atoms with Crippen molar-refractivity contribution in [2.75, 3.05) is 13.7 Å². The van der Waals surface area contributed by atoms with E-state index in [1.54, 1.807) is 7.11 Å². The molecular formula is C10H20N2O3. The molecule has 0 saturated heterocycles. The van der Waals surface area contributed by atoms with Gasteiger partial charge in [-0.3, -0.25) is 4.79 Å². The maximum Gasteiger partial charge on any atom is 0.247 e. The van der Waals surface area contributed by atoms with E-state index in [0.717, 1.165) is 19.3 Å². The van der Waals surface area contributed by atoms with E-state index >= 15 is 0 Å². The highest BCUT2D eigenvalue weighted by Crippen LogP contribution is 2.20. The third kappa shape index (κ3) is 3.77. The predicted molar refractivity (Wildman–Crippen MR) is 56.3 cm³/mol. The number of primary amides is 1. The molecule has 4 N–H and O–H groups in total. The van der Waals surface area contributed by atoms with Crippen LogP contribution >= 0.6 is 0 Å². The van der Waals surface area contributed by atoms with Gasteiger partial charge in [-0.15, -0.1) is 0 Å². The number of carbonyl (C=O) groups excluding carboxylic acids is 1. The Morgan fingerprint density at radius 3 is 2.87 bits per heavy atom. The number of nitrogens with one attached hydrogen (secondary N) is 1. The van der Waals surface area contributed by atoms with Crippen LogP contribution in [0, 0.1) is 0 Å². The van der Waals surface area contributed by atoms with Crippen molar-refractivity contribution in [3.8, 4) is 0 Å². The van der Waals surface area contributed by atoms with Gasteiger partial charge in [0.2, 0.25) is 5.91 Å². The largest absolute Gasteiger partial charge is 0.382 e. The van der Waals surface area contributed by atoms with Crippen LogP contribution in [0.25, 0.3) is 0 Å². The first-order valence-corrected chi connectivity index (χ1v) is 5.38. The van der Waals surface area contributed by atoms with Gasteiger partial charge in [0.15, 0.2) is 0 Å². The van der Waals surface area contributed by atoms with Crippen molar-refractivity contribution in [3.05, 3.63) is 0 Å². The number of carbonyl (C=O) groups is 1. The van der Waals surface area contributed by atoms with Gasteiger partial charge in [-0.05, 0) is 12.8 Å². The van der Waals surface area contributed by atoms with Crippen molar-refractivity contribution in [2.24, 2.45) is 5.73 Å². The average Bonchev–Trinajstić information content (AvgIpc) is 2.26. The van der Waals surface area contributed by atoms with Gasteiger partial charge in [0.05, 0.1) is 6.10 Å². The van der Waals surface area contributed by atoms with Gasteiger partial charge in [0.1, 0.15) is 6.10 Å². The number of nitrogens with two attached hydrogens (primary N) is 1. The van der Waals surface area contributed by atoms with Crippen LogP contribution in [0.1, 0.15) is 25.7 Å². The first-order valence-electron chi connectivity index (χ1n) is 5.38. The predicted octanol–water partition coefficient (Wildman–Crippen LogP) is -0.620. The van der Waals surface area contributed by atoms with Crippen LogP contribution in [-0.4, -0.2) is 42.9 Å². The third-order valence-corrected chi connectivity index (χ3v) is 2.91. The van der Waals surface area contributed by atoms with Crippen molar-refractivity contribution in [1.82, 2.24) is 5.32 Å². The summed E-state index contributed by atoms with van der Waals surface area (Å²) in [6.07, 6.45) is 3.45. The van der Waals surface area contributed by atoms with E-state index in [1.165, 1.54) is 6.42 Å². The summed E-state index contributed by atoms with van der Waals surface area (Å²) in [5.41, 5.74) is 4.96. The first-order chi connectivity index (χ1) is 7.15. The fourth-order valence-electron chi connectivity index (χ4n) is 1.98. The number of ether oxygens (including phenoxy) is 1. The van der Waals surface area contributed by atoms with Crippen molar-refractivity contribution in [2.45, 2.75) is 43.9 Å². The zero-order valence-corrected chi connectivity index (χ0v) is 9.11. The number of hydrogen-bond acceptors (Lipinski definition) is 4. The molecular weight excluding hydrogens is 196 g/mol. The van der Waals surface area contributed by atoms with Gasteiger partial charge < -0.3 is 20.9 Å². The van der Waals surface area contributed by atoms with Crippen molar-refractivity contribution < 1.29 is 14.6 Å². The lowest BCUT2D eigenvalue weighted by molar-refractivity contribution is -0.126. The van der Waals surface area contributed by atoms with Crippen molar-refractivity contribution in [1.29, 1.82) is 0 Å². The average molecular weight is 216 g/mol. The topological polar surface area (TPSA) is 84.6 Å². The molecule has 1 aliphatic carbocycles. The SMILES string of the molecule is COC1CCCCC1NCC(O)C(N)=O. The molecule has 1 rings (SSSR count). The quantitative estimate of drug-likeness (QED) is 0.572. The molecule has 5 nitrogen and oxygen atoms in total. The van der Waals surface area contributed by atoms with Crippen LogP contribution < -0.4 is 11.1 Å². The second-order valence-corrected chi connectivity index (χ2v) is 3.99. The van der Waals surface area contributed by atoms with E-state index in [2.05, 4.69) is 5.32 Å². The van der Waals surface area contributed by atoms with Gasteiger partial charge in [0.25, 0.3) is 0 Å². The highest BCUT2D eigenvalue weighted by atomic mass is 16.5. The van der Waals surface area contributed by atoms with Gasteiger partial charge >= 0.3 is 0 Å². The smallest absolute Gasteiger partial charge is 0.247 e. The van der Waals surface area contributed by atoms with Gasteiger partial charge in [-0.2, -0.15) is 0 Å². The summed E-state index contributed by atoms with van der Waals surface area (Å²) in [5.74, 6) is -0.688. The Balaban J connectivity index is 2.32. The minimum absolute atomic E-state index is 0.179. The zero-order chi connectivity index (χ0) is 11.3. The van der Waals surface area contributed by atoms with E-state index in [9.17, 15) is 9.90 Å². The van der Waals surface area contributed by atoms with Gasteiger partial charge in [0, 0.05) is 19.7 Å². The molecule has 1 aliphatic rings. The van der Waals surface area contributed by atoms with E-state index < -0.39 is 12.0 Å². The van der Waals surface area contributed by atoms with E-state index in [4.69, 9.17) is 10.5 Å². The van der Waals surface area contributed by atoms with Gasteiger partial charge in [-0.1, -0.05) is 12.8 Å². The molecule has 0 aromatic carbocycles. The summed E-state index contributed by atoms with van der Waals surface area (Å²) >= 11 is 0. The number of hydrogen-bond donors (Lipinski definition) is 3. The van der Waals surface area contributed by atoms with E-state index in [0.29, 0.717) is 0 Å². The van der Waals surface area contributed by atoms with Crippen molar-refractivity contribution >= 4 is 5.91 Å². The Kier molecular flexibility index (Phi) is 5.01. The van der Waals surface area contributed by atoms with Gasteiger partial charge in [-0.25, -0.2) is 0 Å². The minimum Gasteiger partial charge on any atom is -0.382 e. The lowest BCUT2D eigenvalue weighted by Gasteiger charge is -2.31. The Bertz CT molecular complexity index is 211. The summed E-state index contributed by atoms with van der Waals surface area (Å²) < 4.78 is 5.34. The second-order valence-electron chi connectivity index (χ2n) is 3.99. The number of amides is 1. The highest BCUT2D eigenvalue weighted by molar-refractivity contribution is 5.78. The maximum absolute atomic E-state index is 10.6. The van der Waals surface area contributed by atoms with Crippen LogP contribution in [-0.2, 0) is 9.53 Å². The normalized spacial score (nSPS) is 28.7. The molecule has 15 heavy (non-hydrogen) atoms. The van der Waals surface area contributed by atoms with Crippen LogP contribution in [0.2, 0.25) is 0 Å². The molecule has 0 heterocycles. The molecule has 3 atom stereocenters. The third-order valence-electron chi connectivity index (χ3n) is 2.91. The van der Waals surface area contributed by atoms with Crippen LogP contribution in [0.3, 0.4) is 0 Å². The van der Waals surface area contributed by atoms with Crippen LogP contribution in [0.15, 0.2) is 0 Å². The molecule has 0 aromatic heterocycles. The summed E-state index contributed by atoms with van der Waals surface area (Å²) in [4.78, 5) is 10.6. The monoisotopic (exact) mass is 216 g/mol. The summed E-state index contributed by atoms with van der Waals surface area (Å²) in [6, 6.07) is 0.220. The molecule has 5 heteroatoms. The lowest BCUT2D eigenvalue weighted by atomic mass is 9.92. The van der Waals surface area contributed by atoms with E-state index in [-0.39, 0.29) is 18.7 Å². The van der Waals surface area contributed by atoms with E-state index in [1.807, 2.05) is 0 Å². The summed E-state index contributed by atoms with van der Waals surface area (Å²) in [7, 11) is 1.69. The molecule has 1 fully saturated rings. The van der Waals surface area contributed by atoms with Crippen LogP contribution in [0.4, 0.5) is 0 Å². The zero-order valence-electron chi connectivity index (χ0n) is 9.11. The van der Waals surface area contributed by atoms with Crippen LogP contribution in [0.5, 0.6) is 0 Å². The molecule has 1 saturated carbocycles. The molecule has 0 radical (unpaired) electrons. The molecule has 1 amide bonds. The number of aliphatic hydroxyl groups is 1. The Hall–Kier alpha value is -0.650. The molecule has 88 valence electrons. The number of rotatable bonds is 5. The fraction of sp³-hybridized carbons (Fsp3) is 0.900. The minimum atomic E-state index is -1.11. The second kappa shape index (κ2) is 6.05. The molecule has 3 unspecified atom stereocenters. The van der Waals surface area contributed by atoms with Crippen molar-refractivity contribution in [3.63, 3.8) is 0 Å².